The van der Waals surface area contributed by atoms with Crippen LogP contribution >= 0.6 is 11.6 Å². The number of carboxylic acid groups (broad SMARTS) is 2. The highest BCUT2D eigenvalue weighted by Gasteiger charge is 2.27. The average Bonchev–Trinajstić information content (AvgIpc) is 2.67. The minimum absolute atomic E-state index is 0.0507. The van der Waals surface area contributed by atoms with Gasteiger partial charge in [0.1, 0.15) is 17.6 Å². The number of rotatable bonds is 3. The fraction of sp³-hybridized carbons (Fsp3) is 0.0909. The first kappa shape index (κ1) is 13.0. The number of aromatic amines is 1. The lowest BCUT2D eigenvalue weighted by Gasteiger charge is -2.02. The second-order valence-corrected chi connectivity index (χ2v) is 4.11. The number of carboxylic acids is 2. The summed E-state index contributed by atoms with van der Waals surface area (Å²) in [5.41, 5.74) is -0.267. The van der Waals surface area contributed by atoms with Crippen molar-refractivity contribution in [3.8, 4) is 11.4 Å². The Kier molecular flexibility index (Phi) is 3.22. The molecule has 0 aliphatic carbocycles. The highest BCUT2D eigenvalue weighted by molar-refractivity contribution is 6.33. The van der Waals surface area contributed by atoms with E-state index in [9.17, 15) is 14.7 Å². The van der Waals surface area contributed by atoms with Crippen LogP contribution in [-0.2, 0) is 0 Å². The summed E-state index contributed by atoms with van der Waals surface area (Å²) in [6.07, 6.45) is 2.50. The molecule has 0 aromatic carbocycles. The lowest BCUT2D eigenvalue weighted by Crippen LogP contribution is -2.07. The van der Waals surface area contributed by atoms with Crippen molar-refractivity contribution in [3.63, 3.8) is 0 Å². The predicted octanol–water partition coefficient (Wildman–Crippen LogP) is 1.83. The number of aromatic carboxylic acids is 2. The third-order valence-corrected chi connectivity index (χ3v) is 2.80. The van der Waals surface area contributed by atoms with Gasteiger partial charge in [0.05, 0.1) is 16.3 Å². The predicted molar refractivity (Wildman–Crippen MR) is 65.5 cm³/mol. The lowest BCUT2D eigenvalue weighted by atomic mass is 10.1. The molecule has 7 nitrogen and oxygen atoms in total. The Bertz CT molecular complexity index is 681. The van der Waals surface area contributed by atoms with E-state index >= 15 is 0 Å². The van der Waals surface area contributed by atoms with E-state index in [0.717, 1.165) is 0 Å². The highest BCUT2D eigenvalue weighted by atomic mass is 35.5. The van der Waals surface area contributed by atoms with Gasteiger partial charge in [0.25, 0.3) is 0 Å². The Morgan fingerprint density at radius 3 is 2.42 bits per heavy atom. The summed E-state index contributed by atoms with van der Waals surface area (Å²) in [5.74, 6) is -2.70. The summed E-state index contributed by atoms with van der Waals surface area (Å²) >= 11 is 5.89. The maximum Gasteiger partial charge on any atom is 0.338 e. The van der Waals surface area contributed by atoms with E-state index in [2.05, 4.69) is 15.0 Å². The van der Waals surface area contributed by atoms with E-state index < -0.39 is 11.9 Å². The monoisotopic (exact) mass is 281 g/mol. The van der Waals surface area contributed by atoms with Crippen LogP contribution in [0.5, 0.6) is 0 Å². The largest absolute Gasteiger partial charge is 0.478 e. The van der Waals surface area contributed by atoms with Crippen molar-refractivity contribution in [1.82, 2.24) is 15.0 Å². The Morgan fingerprint density at radius 2 is 1.89 bits per heavy atom. The Balaban J connectivity index is 2.79. The van der Waals surface area contributed by atoms with Crippen LogP contribution in [-0.4, -0.2) is 37.1 Å². The van der Waals surface area contributed by atoms with Crippen LogP contribution in [0, 0.1) is 6.92 Å². The Hall–Kier alpha value is -2.41. The second kappa shape index (κ2) is 4.69. The minimum Gasteiger partial charge on any atom is -0.478 e. The van der Waals surface area contributed by atoms with Crippen molar-refractivity contribution >= 4 is 23.5 Å². The zero-order chi connectivity index (χ0) is 14.2. The Labute approximate surface area is 111 Å². The summed E-state index contributed by atoms with van der Waals surface area (Å²) < 4.78 is 0. The lowest BCUT2D eigenvalue weighted by molar-refractivity contribution is 0.0652. The van der Waals surface area contributed by atoms with Crippen molar-refractivity contribution in [2.24, 2.45) is 0 Å². The minimum atomic E-state index is -1.37. The molecule has 98 valence electrons. The van der Waals surface area contributed by atoms with E-state index in [-0.39, 0.29) is 33.2 Å². The molecule has 19 heavy (non-hydrogen) atoms. The number of halogens is 1. The van der Waals surface area contributed by atoms with Gasteiger partial charge in [-0.15, -0.1) is 0 Å². The van der Waals surface area contributed by atoms with Gasteiger partial charge in [-0.3, -0.25) is 0 Å². The SMILES string of the molecule is Cc1[nH]c(-c2ncncc2Cl)c(C(=O)O)c1C(=O)O. The van der Waals surface area contributed by atoms with E-state index in [0.29, 0.717) is 0 Å². The van der Waals surface area contributed by atoms with Gasteiger partial charge in [-0.2, -0.15) is 0 Å². The highest BCUT2D eigenvalue weighted by Crippen LogP contribution is 2.30. The molecule has 0 amide bonds. The molecule has 2 rings (SSSR count). The fourth-order valence-electron chi connectivity index (χ4n) is 1.78. The van der Waals surface area contributed by atoms with Gasteiger partial charge in [-0.1, -0.05) is 11.6 Å². The molecule has 0 spiro atoms. The maximum absolute atomic E-state index is 11.3. The summed E-state index contributed by atoms with van der Waals surface area (Å²) in [7, 11) is 0. The standard InChI is InChI=1S/C11H8ClN3O4/c1-4-6(10(16)17)7(11(18)19)9(15-4)8-5(12)2-13-3-14-8/h2-3,15H,1H3,(H,16,17)(H,18,19). The number of carbonyl (C=O) groups is 2. The van der Waals surface area contributed by atoms with Crippen molar-refractivity contribution in [1.29, 1.82) is 0 Å². The molecule has 0 aliphatic heterocycles. The molecule has 2 heterocycles. The number of aryl methyl sites for hydroxylation is 1. The molecule has 2 aromatic rings. The fourth-order valence-corrected chi connectivity index (χ4v) is 1.98. The van der Waals surface area contributed by atoms with Crippen LogP contribution in [0.2, 0.25) is 5.02 Å². The molecule has 0 bridgehead atoms. The summed E-state index contributed by atoms with van der Waals surface area (Å²) in [6.45, 7) is 1.47. The van der Waals surface area contributed by atoms with Crippen LogP contribution in [0.1, 0.15) is 26.4 Å². The van der Waals surface area contributed by atoms with Crippen molar-refractivity contribution in [3.05, 3.63) is 34.4 Å². The third kappa shape index (κ3) is 2.15. The molecule has 8 heteroatoms. The number of nitrogens with zero attached hydrogens (tertiary/aromatic N) is 2. The number of H-pyrrole nitrogens is 1. The third-order valence-electron chi connectivity index (χ3n) is 2.52. The van der Waals surface area contributed by atoms with E-state index in [1.807, 2.05) is 0 Å². The summed E-state index contributed by atoms with van der Waals surface area (Å²) in [6, 6.07) is 0. The number of hydrogen-bond acceptors (Lipinski definition) is 4. The van der Waals surface area contributed by atoms with Crippen molar-refractivity contribution in [2.75, 3.05) is 0 Å². The van der Waals surface area contributed by atoms with Crippen molar-refractivity contribution < 1.29 is 19.8 Å². The van der Waals surface area contributed by atoms with E-state index in [1.165, 1.54) is 19.4 Å². The normalized spacial score (nSPS) is 10.4. The van der Waals surface area contributed by atoms with E-state index in [1.54, 1.807) is 0 Å². The molecular weight excluding hydrogens is 274 g/mol. The average molecular weight is 282 g/mol. The van der Waals surface area contributed by atoms with Gasteiger partial charge >= 0.3 is 11.9 Å². The van der Waals surface area contributed by atoms with Crippen LogP contribution in [0.25, 0.3) is 11.4 Å². The Morgan fingerprint density at radius 1 is 1.26 bits per heavy atom. The quantitative estimate of drug-likeness (QED) is 0.790. The van der Waals surface area contributed by atoms with E-state index in [4.69, 9.17) is 16.7 Å². The molecule has 0 unspecified atom stereocenters. The van der Waals surface area contributed by atoms with Gasteiger partial charge < -0.3 is 15.2 Å². The number of aromatic nitrogens is 3. The maximum atomic E-state index is 11.3. The van der Waals surface area contributed by atoms with Gasteiger partial charge in [0.15, 0.2) is 0 Å². The molecule has 0 radical (unpaired) electrons. The molecule has 0 atom stereocenters. The first-order valence-corrected chi connectivity index (χ1v) is 5.46. The molecule has 0 saturated carbocycles. The van der Waals surface area contributed by atoms with Gasteiger partial charge in [0, 0.05) is 11.9 Å². The number of hydrogen-bond donors (Lipinski definition) is 3. The zero-order valence-corrected chi connectivity index (χ0v) is 10.4. The van der Waals surface area contributed by atoms with Crippen LogP contribution in [0.3, 0.4) is 0 Å². The molecule has 0 aliphatic rings. The molecule has 3 N–H and O–H groups in total. The topological polar surface area (TPSA) is 116 Å². The molecule has 0 fully saturated rings. The van der Waals surface area contributed by atoms with Gasteiger partial charge in [-0.25, -0.2) is 19.6 Å². The van der Waals surface area contributed by atoms with Gasteiger partial charge in [0.2, 0.25) is 0 Å². The first-order valence-electron chi connectivity index (χ1n) is 5.08. The molecule has 0 saturated heterocycles. The first-order chi connectivity index (χ1) is 8.93. The van der Waals surface area contributed by atoms with Crippen molar-refractivity contribution in [2.45, 2.75) is 6.92 Å². The number of nitrogens with one attached hydrogen (secondary N) is 1. The van der Waals surface area contributed by atoms with Crippen LogP contribution in [0.4, 0.5) is 0 Å². The summed E-state index contributed by atoms with van der Waals surface area (Å²) in [5, 5.41) is 18.4. The van der Waals surface area contributed by atoms with Crippen LogP contribution < -0.4 is 0 Å². The van der Waals surface area contributed by atoms with Gasteiger partial charge in [-0.05, 0) is 6.92 Å². The molecular formula is C11H8ClN3O4. The second-order valence-electron chi connectivity index (χ2n) is 3.70. The summed E-state index contributed by atoms with van der Waals surface area (Å²) in [4.78, 5) is 32.7. The zero-order valence-electron chi connectivity index (χ0n) is 9.64. The smallest absolute Gasteiger partial charge is 0.338 e. The van der Waals surface area contributed by atoms with Crippen LogP contribution in [0.15, 0.2) is 12.5 Å². The molecule has 2 aromatic heterocycles.